The third-order valence-corrected chi connectivity index (χ3v) is 2.82. The number of urea groups is 1. The number of aryl methyl sites for hydroxylation is 1. The second kappa shape index (κ2) is 6.04. The number of benzene rings is 2. The van der Waals surface area contributed by atoms with E-state index in [9.17, 15) is 14.0 Å². The molecule has 0 aromatic heterocycles. The lowest BCUT2D eigenvalue weighted by molar-refractivity contribution is 0.0697. The average Bonchev–Trinajstić information content (AvgIpc) is 2.43. The van der Waals surface area contributed by atoms with Crippen molar-refractivity contribution in [2.24, 2.45) is 0 Å². The zero-order chi connectivity index (χ0) is 15.4. The predicted octanol–water partition coefficient (Wildman–Crippen LogP) is 3.48. The Kier molecular flexibility index (Phi) is 4.18. The first kappa shape index (κ1) is 14.5. The summed E-state index contributed by atoms with van der Waals surface area (Å²) in [5.74, 6) is -1.42. The minimum Gasteiger partial charge on any atom is -0.478 e. The molecule has 3 N–H and O–H groups in total. The van der Waals surface area contributed by atoms with Crippen molar-refractivity contribution in [3.8, 4) is 0 Å². The molecular weight excluding hydrogens is 275 g/mol. The Labute approximate surface area is 120 Å². The van der Waals surface area contributed by atoms with E-state index >= 15 is 0 Å². The number of rotatable bonds is 3. The van der Waals surface area contributed by atoms with Crippen LogP contribution < -0.4 is 10.6 Å². The number of hydrogen-bond donors (Lipinski definition) is 3. The van der Waals surface area contributed by atoms with E-state index in [1.165, 1.54) is 42.5 Å². The van der Waals surface area contributed by atoms with Gasteiger partial charge in [0.25, 0.3) is 0 Å². The van der Waals surface area contributed by atoms with Crippen LogP contribution in [0.3, 0.4) is 0 Å². The molecule has 0 aliphatic rings. The quantitative estimate of drug-likeness (QED) is 0.809. The van der Waals surface area contributed by atoms with Crippen molar-refractivity contribution in [2.45, 2.75) is 6.92 Å². The highest BCUT2D eigenvalue weighted by Gasteiger charge is 2.08. The highest BCUT2D eigenvalue weighted by Crippen LogP contribution is 2.17. The van der Waals surface area contributed by atoms with Gasteiger partial charge in [-0.1, -0.05) is 0 Å². The molecule has 6 heteroatoms. The first-order valence-electron chi connectivity index (χ1n) is 6.13. The largest absolute Gasteiger partial charge is 0.478 e. The monoisotopic (exact) mass is 288 g/mol. The summed E-state index contributed by atoms with van der Waals surface area (Å²) >= 11 is 0. The van der Waals surface area contributed by atoms with Gasteiger partial charge in [-0.3, -0.25) is 0 Å². The number of carbonyl (C=O) groups is 2. The Hall–Kier alpha value is -2.89. The summed E-state index contributed by atoms with van der Waals surface area (Å²) in [6, 6.07) is 9.25. The molecule has 2 rings (SSSR count). The van der Waals surface area contributed by atoms with Crippen LogP contribution in [0.15, 0.2) is 42.5 Å². The fraction of sp³-hybridized carbons (Fsp3) is 0.0667. The summed E-state index contributed by atoms with van der Waals surface area (Å²) in [5.41, 5.74) is 1.73. The summed E-state index contributed by atoms with van der Waals surface area (Å²) < 4.78 is 12.8. The van der Waals surface area contributed by atoms with E-state index in [0.717, 1.165) is 0 Å². The van der Waals surface area contributed by atoms with Crippen molar-refractivity contribution in [3.05, 3.63) is 59.4 Å². The van der Waals surface area contributed by atoms with Gasteiger partial charge in [-0.25, -0.2) is 14.0 Å². The van der Waals surface area contributed by atoms with E-state index in [1.54, 1.807) is 6.92 Å². The van der Waals surface area contributed by atoms with E-state index in [4.69, 9.17) is 5.11 Å². The number of carboxylic acids is 1. The third kappa shape index (κ3) is 3.79. The SMILES string of the molecule is Cc1cc(C(=O)O)ccc1NC(=O)Nc1ccc(F)cc1. The van der Waals surface area contributed by atoms with Crippen LogP contribution >= 0.6 is 0 Å². The number of anilines is 2. The Morgan fingerprint density at radius 2 is 1.71 bits per heavy atom. The molecule has 0 radical (unpaired) electrons. The summed E-state index contributed by atoms with van der Waals surface area (Å²) in [6.07, 6.45) is 0. The van der Waals surface area contributed by atoms with Gasteiger partial charge in [-0.05, 0) is 55.0 Å². The average molecular weight is 288 g/mol. The number of aromatic carboxylic acids is 1. The fourth-order valence-electron chi connectivity index (χ4n) is 1.75. The predicted molar refractivity (Wildman–Crippen MR) is 77.2 cm³/mol. The molecule has 0 spiro atoms. The molecule has 108 valence electrons. The first-order chi connectivity index (χ1) is 9.95. The van der Waals surface area contributed by atoms with Crippen molar-refractivity contribution < 1.29 is 19.1 Å². The highest BCUT2D eigenvalue weighted by molar-refractivity contribution is 6.00. The maximum Gasteiger partial charge on any atom is 0.335 e. The van der Waals surface area contributed by atoms with Crippen molar-refractivity contribution in [1.29, 1.82) is 0 Å². The molecule has 2 aromatic carbocycles. The van der Waals surface area contributed by atoms with Crippen LogP contribution in [0, 0.1) is 12.7 Å². The number of carboxylic acid groups (broad SMARTS) is 1. The van der Waals surface area contributed by atoms with Gasteiger partial charge in [-0.15, -0.1) is 0 Å². The molecule has 0 fully saturated rings. The van der Waals surface area contributed by atoms with Crippen LogP contribution in [0.25, 0.3) is 0 Å². The normalized spacial score (nSPS) is 10.0. The Morgan fingerprint density at radius 3 is 2.29 bits per heavy atom. The number of amides is 2. The lowest BCUT2D eigenvalue weighted by atomic mass is 10.1. The van der Waals surface area contributed by atoms with Crippen LogP contribution in [0.4, 0.5) is 20.6 Å². The fourth-order valence-corrected chi connectivity index (χ4v) is 1.75. The van der Waals surface area contributed by atoms with Gasteiger partial charge in [0.15, 0.2) is 0 Å². The lowest BCUT2D eigenvalue weighted by Crippen LogP contribution is -2.20. The third-order valence-electron chi connectivity index (χ3n) is 2.82. The Morgan fingerprint density at radius 1 is 1.05 bits per heavy atom. The highest BCUT2D eigenvalue weighted by atomic mass is 19.1. The van der Waals surface area contributed by atoms with Crippen molar-refractivity contribution in [1.82, 2.24) is 0 Å². The lowest BCUT2D eigenvalue weighted by Gasteiger charge is -2.10. The summed E-state index contributed by atoms with van der Waals surface area (Å²) in [7, 11) is 0. The molecule has 0 aliphatic heterocycles. The minimum absolute atomic E-state index is 0.150. The van der Waals surface area contributed by atoms with Crippen molar-refractivity contribution in [2.75, 3.05) is 10.6 Å². The topological polar surface area (TPSA) is 78.4 Å². The molecule has 0 saturated heterocycles. The van der Waals surface area contributed by atoms with Gasteiger partial charge in [-0.2, -0.15) is 0 Å². The molecule has 2 amide bonds. The van der Waals surface area contributed by atoms with Crippen LogP contribution in [-0.2, 0) is 0 Å². The van der Waals surface area contributed by atoms with Gasteiger partial charge in [0.05, 0.1) is 5.56 Å². The molecule has 0 aliphatic carbocycles. The van der Waals surface area contributed by atoms with Gasteiger partial charge in [0, 0.05) is 11.4 Å². The van der Waals surface area contributed by atoms with E-state index in [-0.39, 0.29) is 11.4 Å². The molecule has 5 nitrogen and oxygen atoms in total. The summed E-state index contributed by atoms with van der Waals surface area (Å²) in [5, 5.41) is 14.0. The number of nitrogens with one attached hydrogen (secondary N) is 2. The first-order valence-corrected chi connectivity index (χ1v) is 6.13. The molecule has 0 bridgehead atoms. The maximum atomic E-state index is 12.8. The number of carbonyl (C=O) groups excluding carboxylic acids is 1. The second-order valence-corrected chi connectivity index (χ2v) is 4.42. The van der Waals surface area contributed by atoms with Crippen LogP contribution in [0.2, 0.25) is 0 Å². The molecular formula is C15H13FN2O3. The molecule has 0 heterocycles. The van der Waals surface area contributed by atoms with Gasteiger partial charge < -0.3 is 15.7 Å². The smallest absolute Gasteiger partial charge is 0.335 e. The molecule has 0 unspecified atom stereocenters. The second-order valence-electron chi connectivity index (χ2n) is 4.42. The standard InChI is InChI=1S/C15H13FN2O3/c1-9-8-10(14(19)20)2-7-13(9)18-15(21)17-12-5-3-11(16)4-6-12/h2-8H,1H3,(H,19,20)(H2,17,18,21). The maximum absolute atomic E-state index is 12.8. The van der Waals surface area contributed by atoms with E-state index in [1.807, 2.05) is 0 Å². The Balaban J connectivity index is 2.06. The zero-order valence-corrected chi connectivity index (χ0v) is 11.2. The number of hydrogen-bond acceptors (Lipinski definition) is 2. The molecule has 2 aromatic rings. The summed E-state index contributed by atoms with van der Waals surface area (Å²) in [6.45, 7) is 1.69. The minimum atomic E-state index is -1.03. The molecule has 0 atom stereocenters. The van der Waals surface area contributed by atoms with E-state index < -0.39 is 12.0 Å². The van der Waals surface area contributed by atoms with Crippen LogP contribution in [-0.4, -0.2) is 17.1 Å². The zero-order valence-electron chi connectivity index (χ0n) is 11.2. The van der Waals surface area contributed by atoms with E-state index in [2.05, 4.69) is 10.6 Å². The van der Waals surface area contributed by atoms with Crippen molar-refractivity contribution >= 4 is 23.4 Å². The van der Waals surface area contributed by atoms with Crippen LogP contribution in [0.1, 0.15) is 15.9 Å². The van der Waals surface area contributed by atoms with Crippen LogP contribution in [0.5, 0.6) is 0 Å². The van der Waals surface area contributed by atoms with Gasteiger partial charge in [0.1, 0.15) is 5.82 Å². The number of halogens is 1. The molecule has 21 heavy (non-hydrogen) atoms. The Bertz CT molecular complexity index is 684. The van der Waals surface area contributed by atoms with E-state index in [0.29, 0.717) is 16.9 Å². The van der Waals surface area contributed by atoms with Gasteiger partial charge in [0.2, 0.25) is 0 Å². The van der Waals surface area contributed by atoms with Crippen molar-refractivity contribution in [3.63, 3.8) is 0 Å². The molecule has 0 saturated carbocycles. The van der Waals surface area contributed by atoms with Gasteiger partial charge >= 0.3 is 12.0 Å². The summed E-state index contributed by atoms with van der Waals surface area (Å²) in [4.78, 5) is 22.6.